The van der Waals surface area contributed by atoms with E-state index < -0.39 is 4.92 Å². The SMILES string of the molecule is C=C(C)CCOc1cc(NC)cc([N+](=O)[O-])c1. The molecule has 0 atom stereocenters. The molecule has 5 heteroatoms. The molecule has 0 unspecified atom stereocenters. The molecule has 0 amide bonds. The number of anilines is 1. The van der Waals surface area contributed by atoms with Gasteiger partial charge in [-0.25, -0.2) is 0 Å². The number of benzene rings is 1. The maximum atomic E-state index is 10.7. The molecular weight excluding hydrogens is 220 g/mol. The molecule has 17 heavy (non-hydrogen) atoms. The van der Waals surface area contributed by atoms with E-state index in [1.54, 1.807) is 13.1 Å². The van der Waals surface area contributed by atoms with Gasteiger partial charge in [-0.2, -0.15) is 0 Å². The maximum Gasteiger partial charge on any atom is 0.275 e. The Kier molecular flexibility index (Phi) is 4.51. The van der Waals surface area contributed by atoms with E-state index in [1.165, 1.54) is 12.1 Å². The number of hydrogen-bond acceptors (Lipinski definition) is 4. The third-order valence-corrected chi connectivity index (χ3v) is 2.19. The van der Waals surface area contributed by atoms with Crippen LogP contribution in [-0.2, 0) is 0 Å². The first kappa shape index (κ1) is 13.0. The summed E-state index contributed by atoms with van der Waals surface area (Å²) in [5, 5.41) is 13.6. The lowest BCUT2D eigenvalue weighted by atomic mass is 10.2. The van der Waals surface area contributed by atoms with Crippen molar-refractivity contribution < 1.29 is 9.66 Å². The van der Waals surface area contributed by atoms with Gasteiger partial charge in [-0.1, -0.05) is 5.57 Å². The normalized spacial score (nSPS) is 9.76. The van der Waals surface area contributed by atoms with Crippen molar-refractivity contribution in [2.45, 2.75) is 13.3 Å². The van der Waals surface area contributed by atoms with Crippen molar-refractivity contribution in [1.82, 2.24) is 0 Å². The van der Waals surface area contributed by atoms with Gasteiger partial charge in [-0.05, 0) is 6.92 Å². The number of nitro groups is 1. The predicted octanol–water partition coefficient (Wildman–Crippen LogP) is 2.98. The molecule has 1 N–H and O–H groups in total. The summed E-state index contributed by atoms with van der Waals surface area (Å²) in [6.45, 7) is 6.15. The first-order chi connectivity index (χ1) is 8.02. The minimum absolute atomic E-state index is 0.0159. The van der Waals surface area contributed by atoms with Crippen LogP contribution in [0.15, 0.2) is 30.4 Å². The number of ether oxygens (including phenoxy) is 1. The van der Waals surface area contributed by atoms with Crippen LogP contribution in [-0.4, -0.2) is 18.6 Å². The van der Waals surface area contributed by atoms with Gasteiger partial charge in [0.05, 0.1) is 17.6 Å². The summed E-state index contributed by atoms with van der Waals surface area (Å²) in [7, 11) is 1.71. The number of nitrogens with one attached hydrogen (secondary N) is 1. The van der Waals surface area contributed by atoms with Gasteiger partial charge in [0.1, 0.15) is 5.75 Å². The monoisotopic (exact) mass is 236 g/mol. The first-order valence-electron chi connectivity index (χ1n) is 5.27. The Morgan fingerprint density at radius 1 is 1.53 bits per heavy atom. The Labute approximate surface area is 100 Å². The highest BCUT2D eigenvalue weighted by Gasteiger charge is 2.09. The molecule has 0 aliphatic carbocycles. The lowest BCUT2D eigenvalue weighted by Crippen LogP contribution is -2.00. The number of non-ortho nitro benzene ring substituents is 1. The molecule has 0 aliphatic heterocycles. The summed E-state index contributed by atoms with van der Waals surface area (Å²) in [6.07, 6.45) is 0.734. The minimum Gasteiger partial charge on any atom is -0.493 e. The number of hydrogen-bond donors (Lipinski definition) is 1. The van der Waals surface area contributed by atoms with Gasteiger partial charge >= 0.3 is 0 Å². The Hall–Kier alpha value is -2.04. The third-order valence-electron chi connectivity index (χ3n) is 2.19. The molecule has 0 fully saturated rings. The van der Waals surface area contributed by atoms with Crippen LogP contribution in [0, 0.1) is 10.1 Å². The van der Waals surface area contributed by atoms with Gasteiger partial charge in [0, 0.05) is 31.3 Å². The van der Waals surface area contributed by atoms with E-state index in [9.17, 15) is 10.1 Å². The second-order valence-corrected chi connectivity index (χ2v) is 3.78. The van der Waals surface area contributed by atoms with Crippen molar-refractivity contribution in [3.63, 3.8) is 0 Å². The summed E-state index contributed by atoms with van der Waals surface area (Å²) in [4.78, 5) is 10.3. The van der Waals surface area contributed by atoms with E-state index in [4.69, 9.17) is 4.74 Å². The van der Waals surface area contributed by atoms with E-state index in [0.29, 0.717) is 18.0 Å². The zero-order valence-electron chi connectivity index (χ0n) is 10.0. The molecule has 5 nitrogen and oxygen atoms in total. The van der Waals surface area contributed by atoms with Crippen molar-refractivity contribution >= 4 is 11.4 Å². The van der Waals surface area contributed by atoms with Crippen molar-refractivity contribution in [3.05, 3.63) is 40.5 Å². The van der Waals surface area contributed by atoms with Crippen LogP contribution in [0.25, 0.3) is 0 Å². The van der Waals surface area contributed by atoms with Gasteiger partial charge in [-0.3, -0.25) is 10.1 Å². The van der Waals surface area contributed by atoms with E-state index >= 15 is 0 Å². The standard InChI is InChI=1S/C12H16N2O3/c1-9(2)4-5-17-12-7-10(13-3)6-11(8-12)14(15)16/h6-8,13H,1,4-5H2,2-3H3. The van der Waals surface area contributed by atoms with Crippen molar-refractivity contribution in [2.75, 3.05) is 19.0 Å². The molecule has 92 valence electrons. The summed E-state index contributed by atoms with van der Waals surface area (Å²) < 4.78 is 5.44. The van der Waals surface area contributed by atoms with Crippen LogP contribution in [0.4, 0.5) is 11.4 Å². The third kappa shape index (κ3) is 4.14. The van der Waals surface area contributed by atoms with Gasteiger partial charge in [-0.15, -0.1) is 6.58 Å². The second-order valence-electron chi connectivity index (χ2n) is 3.78. The van der Waals surface area contributed by atoms with Crippen molar-refractivity contribution in [3.8, 4) is 5.75 Å². The molecule has 1 aromatic rings. The number of nitrogens with zero attached hydrogens (tertiary/aromatic N) is 1. The molecule has 0 bridgehead atoms. The summed E-state index contributed by atoms with van der Waals surface area (Å²) in [5.41, 5.74) is 1.69. The first-order valence-corrected chi connectivity index (χ1v) is 5.27. The van der Waals surface area contributed by atoms with Crippen LogP contribution in [0.3, 0.4) is 0 Å². The highest BCUT2D eigenvalue weighted by Crippen LogP contribution is 2.25. The molecule has 0 spiro atoms. The second kappa shape index (κ2) is 5.89. The fourth-order valence-corrected chi connectivity index (χ4v) is 1.26. The lowest BCUT2D eigenvalue weighted by Gasteiger charge is -2.08. The molecule has 0 aromatic heterocycles. The lowest BCUT2D eigenvalue weighted by molar-refractivity contribution is -0.384. The summed E-state index contributed by atoms with van der Waals surface area (Å²) in [6, 6.07) is 4.61. The Morgan fingerprint density at radius 3 is 2.76 bits per heavy atom. The number of rotatable bonds is 6. The van der Waals surface area contributed by atoms with Crippen LogP contribution in [0.2, 0.25) is 0 Å². The van der Waals surface area contributed by atoms with E-state index in [0.717, 1.165) is 12.0 Å². The number of nitro benzene ring substituents is 1. The molecule has 0 heterocycles. The zero-order chi connectivity index (χ0) is 12.8. The van der Waals surface area contributed by atoms with Crippen LogP contribution < -0.4 is 10.1 Å². The molecule has 0 saturated heterocycles. The molecule has 0 radical (unpaired) electrons. The molecule has 1 rings (SSSR count). The smallest absolute Gasteiger partial charge is 0.275 e. The Morgan fingerprint density at radius 2 is 2.24 bits per heavy atom. The summed E-state index contributed by atoms with van der Waals surface area (Å²) >= 11 is 0. The minimum atomic E-state index is -0.438. The Bertz CT molecular complexity index is 430. The highest BCUT2D eigenvalue weighted by molar-refractivity contribution is 5.56. The van der Waals surface area contributed by atoms with Crippen LogP contribution in [0.1, 0.15) is 13.3 Å². The largest absolute Gasteiger partial charge is 0.493 e. The van der Waals surface area contributed by atoms with Gasteiger partial charge in [0.2, 0.25) is 0 Å². The van der Waals surface area contributed by atoms with E-state index in [1.807, 2.05) is 6.92 Å². The van der Waals surface area contributed by atoms with Gasteiger partial charge in [0.15, 0.2) is 0 Å². The topological polar surface area (TPSA) is 64.4 Å². The van der Waals surface area contributed by atoms with E-state index in [2.05, 4.69) is 11.9 Å². The average Bonchev–Trinajstić information content (AvgIpc) is 2.28. The molecular formula is C12H16N2O3. The van der Waals surface area contributed by atoms with Crippen molar-refractivity contribution in [1.29, 1.82) is 0 Å². The van der Waals surface area contributed by atoms with Crippen LogP contribution >= 0.6 is 0 Å². The van der Waals surface area contributed by atoms with Gasteiger partial charge in [0.25, 0.3) is 5.69 Å². The summed E-state index contributed by atoms with van der Waals surface area (Å²) in [5.74, 6) is 0.491. The van der Waals surface area contributed by atoms with Gasteiger partial charge < -0.3 is 10.1 Å². The molecule has 0 saturated carbocycles. The Balaban J connectivity index is 2.80. The predicted molar refractivity (Wildman–Crippen MR) is 67.6 cm³/mol. The quantitative estimate of drug-likeness (QED) is 0.468. The fourth-order valence-electron chi connectivity index (χ4n) is 1.26. The highest BCUT2D eigenvalue weighted by atomic mass is 16.6. The average molecular weight is 236 g/mol. The van der Waals surface area contributed by atoms with Crippen LogP contribution in [0.5, 0.6) is 5.75 Å². The maximum absolute atomic E-state index is 10.7. The fraction of sp³-hybridized carbons (Fsp3) is 0.333. The molecule has 0 aliphatic rings. The van der Waals surface area contributed by atoms with E-state index in [-0.39, 0.29) is 5.69 Å². The zero-order valence-corrected chi connectivity index (χ0v) is 10.0. The van der Waals surface area contributed by atoms with Crippen molar-refractivity contribution in [2.24, 2.45) is 0 Å². The molecule has 1 aromatic carbocycles.